The largest absolute Gasteiger partial charge is 0.508 e. The van der Waals surface area contributed by atoms with Crippen LogP contribution >= 0.6 is 0 Å². The Morgan fingerprint density at radius 2 is 1.93 bits per heavy atom. The van der Waals surface area contributed by atoms with Gasteiger partial charge in [-0.25, -0.2) is 4.98 Å². The molecule has 0 radical (unpaired) electrons. The molecule has 2 atom stereocenters. The number of hydrogen-bond acceptors (Lipinski definition) is 7. The van der Waals surface area contributed by atoms with Crippen LogP contribution in [0.4, 0.5) is 5.82 Å². The van der Waals surface area contributed by atoms with Gasteiger partial charge in [0, 0.05) is 12.2 Å². The number of anilines is 1. The molecule has 3 N–H and O–H groups in total. The first-order valence-corrected chi connectivity index (χ1v) is 9.07. The Hall–Kier alpha value is -2.82. The lowest BCUT2D eigenvalue weighted by Crippen LogP contribution is -2.54. The van der Waals surface area contributed by atoms with Crippen molar-refractivity contribution in [3.63, 3.8) is 0 Å². The van der Waals surface area contributed by atoms with Crippen molar-refractivity contribution in [2.45, 2.75) is 38.1 Å². The molecule has 1 aliphatic heterocycles. The molecule has 2 aromatic rings. The van der Waals surface area contributed by atoms with E-state index in [4.69, 9.17) is 10.00 Å². The average molecular weight is 368 g/mol. The molecule has 0 saturated carbocycles. The van der Waals surface area contributed by atoms with Gasteiger partial charge in [-0.1, -0.05) is 0 Å². The number of aromatic nitrogens is 1. The van der Waals surface area contributed by atoms with Crippen molar-refractivity contribution in [2.24, 2.45) is 0 Å². The number of nitrogens with zero attached hydrogens (tertiary/aromatic N) is 3. The fourth-order valence-corrected chi connectivity index (χ4v) is 3.27. The molecule has 1 aliphatic rings. The van der Waals surface area contributed by atoms with Crippen LogP contribution in [0, 0.1) is 11.3 Å². The quantitative estimate of drug-likeness (QED) is 0.670. The number of aromatic hydroxyl groups is 1. The van der Waals surface area contributed by atoms with E-state index in [0.29, 0.717) is 17.1 Å². The summed E-state index contributed by atoms with van der Waals surface area (Å²) in [7, 11) is 0. The number of aliphatic hydroxyl groups excluding tert-OH is 1. The number of rotatable bonds is 6. The molecule has 1 saturated heterocycles. The summed E-state index contributed by atoms with van der Waals surface area (Å²) in [5.74, 6) is 1.36. The number of aliphatic hydroxyl groups is 1. The molecule has 0 amide bonds. The predicted molar refractivity (Wildman–Crippen MR) is 102 cm³/mol. The van der Waals surface area contributed by atoms with E-state index in [0.717, 1.165) is 25.9 Å². The maximum absolute atomic E-state index is 10.5. The van der Waals surface area contributed by atoms with E-state index in [1.165, 1.54) is 6.20 Å². The topological polar surface area (TPSA) is 102 Å². The molecule has 2 unspecified atom stereocenters. The maximum atomic E-state index is 10.5. The summed E-state index contributed by atoms with van der Waals surface area (Å²) in [6, 6.07) is 12.1. The Morgan fingerprint density at radius 1 is 1.22 bits per heavy atom. The second kappa shape index (κ2) is 8.71. The second-order valence-electron chi connectivity index (χ2n) is 6.65. The van der Waals surface area contributed by atoms with Gasteiger partial charge in [-0.3, -0.25) is 0 Å². The lowest BCUT2D eigenvalue weighted by Gasteiger charge is -2.41. The van der Waals surface area contributed by atoms with Crippen LogP contribution in [0.25, 0.3) is 0 Å². The Balaban J connectivity index is 1.93. The van der Waals surface area contributed by atoms with E-state index in [2.05, 4.69) is 16.4 Å². The van der Waals surface area contributed by atoms with Crippen LogP contribution in [0.5, 0.6) is 11.5 Å². The van der Waals surface area contributed by atoms with Gasteiger partial charge in [-0.05, 0) is 69.3 Å². The average Bonchev–Trinajstić information content (AvgIpc) is 2.70. The summed E-state index contributed by atoms with van der Waals surface area (Å²) < 4.78 is 6.10. The molecule has 0 spiro atoms. The van der Waals surface area contributed by atoms with E-state index >= 15 is 0 Å². The molecule has 7 nitrogen and oxygen atoms in total. The molecule has 1 aromatic heterocycles. The molecule has 142 valence electrons. The molecule has 7 heteroatoms. The van der Waals surface area contributed by atoms with Crippen molar-refractivity contribution < 1.29 is 14.9 Å². The Labute approximate surface area is 158 Å². The molecular formula is C20H24N4O3. The highest BCUT2D eigenvalue weighted by Crippen LogP contribution is 2.27. The van der Waals surface area contributed by atoms with Gasteiger partial charge in [0.05, 0.1) is 5.56 Å². The summed E-state index contributed by atoms with van der Waals surface area (Å²) in [4.78, 5) is 6.44. The monoisotopic (exact) mass is 368 g/mol. The van der Waals surface area contributed by atoms with Crippen molar-refractivity contribution in [3.8, 4) is 17.6 Å². The lowest BCUT2D eigenvalue weighted by atomic mass is 10.0. The second-order valence-corrected chi connectivity index (χ2v) is 6.65. The van der Waals surface area contributed by atoms with Crippen LogP contribution < -0.4 is 15.0 Å². The standard InChI is InChI=1S/C20H24N4O3/c1-14(25)20(27-18-5-3-17(26)4-6-18)24(16-8-10-22-11-9-16)19-7-2-15(12-21)13-23-19/h2-7,13-14,16,20,22,25-26H,8-11H2,1H3. The highest BCUT2D eigenvalue weighted by Gasteiger charge is 2.33. The highest BCUT2D eigenvalue weighted by atomic mass is 16.5. The minimum absolute atomic E-state index is 0.142. The minimum atomic E-state index is -0.786. The summed E-state index contributed by atoms with van der Waals surface area (Å²) in [6.45, 7) is 3.44. The van der Waals surface area contributed by atoms with E-state index < -0.39 is 12.3 Å². The molecule has 27 heavy (non-hydrogen) atoms. The number of nitriles is 1. The third-order valence-electron chi connectivity index (χ3n) is 4.62. The number of ether oxygens (including phenoxy) is 1. The third-order valence-corrected chi connectivity index (χ3v) is 4.62. The number of benzene rings is 1. The fraction of sp³-hybridized carbons (Fsp3) is 0.400. The van der Waals surface area contributed by atoms with E-state index in [-0.39, 0.29) is 11.8 Å². The van der Waals surface area contributed by atoms with E-state index in [1.54, 1.807) is 43.3 Å². The first-order valence-electron chi connectivity index (χ1n) is 9.07. The minimum Gasteiger partial charge on any atom is -0.508 e. The zero-order valence-corrected chi connectivity index (χ0v) is 15.2. The molecule has 0 aliphatic carbocycles. The number of piperidine rings is 1. The van der Waals surface area contributed by atoms with Crippen molar-refractivity contribution >= 4 is 5.82 Å². The molecule has 1 fully saturated rings. The first-order chi connectivity index (χ1) is 13.1. The van der Waals surface area contributed by atoms with Gasteiger partial charge in [0.15, 0.2) is 6.23 Å². The van der Waals surface area contributed by atoms with Crippen molar-refractivity contribution in [3.05, 3.63) is 48.2 Å². The number of nitrogens with one attached hydrogen (secondary N) is 1. The van der Waals surface area contributed by atoms with Gasteiger partial charge in [-0.2, -0.15) is 5.26 Å². The zero-order chi connectivity index (χ0) is 19.2. The third kappa shape index (κ3) is 4.67. The summed E-state index contributed by atoms with van der Waals surface area (Å²) in [5.41, 5.74) is 0.483. The first kappa shape index (κ1) is 19.0. The normalized spacial score (nSPS) is 16.9. The fourth-order valence-electron chi connectivity index (χ4n) is 3.27. The molecule has 2 heterocycles. The lowest BCUT2D eigenvalue weighted by molar-refractivity contribution is 0.0384. The van der Waals surface area contributed by atoms with Crippen LogP contribution in [0.1, 0.15) is 25.3 Å². The number of pyridine rings is 1. The van der Waals surface area contributed by atoms with Crippen molar-refractivity contribution in [1.29, 1.82) is 5.26 Å². The van der Waals surface area contributed by atoms with E-state index in [9.17, 15) is 10.2 Å². The number of hydrogen-bond donors (Lipinski definition) is 3. The van der Waals surface area contributed by atoms with Crippen LogP contribution in [-0.4, -0.2) is 46.7 Å². The van der Waals surface area contributed by atoms with Crippen molar-refractivity contribution in [2.75, 3.05) is 18.0 Å². The Morgan fingerprint density at radius 3 is 2.48 bits per heavy atom. The molecule has 3 rings (SSSR count). The predicted octanol–water partition coefficient (Wildman–Crippen LogP) is 2.00. The Bertz CT molecular complexity index is 765. The van der Waals surface area contributed by atoms with Crippen LogP contribution in [0.15, 0.2) is 42.6 Å². The van der Waals surface area contributed by atoms with Crippen molar-refractivity contribution in [1.82, 2.24) is 10.3 Å². The smallest absolute Gasteiger partial charge is 0.199 e. The van der Waals surface area contributed by atoms with Gasteiger partial charge >= 0.3 is 0 Å². The summed E-state index contributed by atoms with van der Waals surface area (Å²) >= 11 is 0. The van der Waals surface area contributed by atoms with Gasteiger partial charge in [0.25, 0.3) is 0 Å². The summed E-state index contributed by atoms with van der Waals surface area (Å²) in [6.07, 6.45) is 1.88. The van der Waals surface area contributed by atoms with Crippen LogP contribution in [0.2, 0.25) is 0 Å². The number of phenols is 1. The molecular weight excluding hydrogens is 344 g/mol. The number of phenolic OH excluding ortho intramolecular Hbond substituents is 1. The SMILES string of the molecule is CC(O)C(Oc1ccc(O)cc1)N(c1ccc(C#N)cn1)C1CCNCC1. The van der Waals surface area contributed by atoms with Crippen LogP contribution in [0.3, 0.4) is 0 Å². The van der Waals surface area contributed by atoms with Crippen LogP contribution in [-0.2, 0) is 0 Å². The zero-order valence-electron chi connectivity index (χ0n) is 15.2. The Kier molecular flexibility index (Phi) is 6.12. The maximum Gasteiger partial charge on any atom is 0.199 e. The van der Waals surface area contributed by atoms with E-state index in [1.807, 2.05) is 4.90 Å². The summed E-state index contributed by atoms with van der Waals surface area (Å²) in [5, 5.41) is 32.3. The molecule has 0 bridgehead atoms. The van der Waals surface area contributed by atoms with Gasteiger partial charge in [0.1, 0.15) is 29.5 Å². The van der Waals surface area contributed by atoms with Gasteiger partial charge < -0.3 is 25.2 Å². The highest BCUT2D eigenvalue weighted by molar-refractivity contribution is 5.44. The van der Waals surface area contributed by atoms with Gasteiger partial charge in [0.2, 0.25) is 0 Å². The van der Waals surface area contributed by atoms with Gasteiger partial charge in [-0.15, -0.1) is 0 Å². The molecule has 1 aromatic carbocycles.